The maximum Gasteiger partial charge on any atom is 0.115 e. The third kappa shape index (κ3) is 3.03. The molecule has 2 nitrogen and oxygen atoms in total. The molecule has 0 aliphatic rings. The second-order valence-electron chi connectivity index (χ2n) is 4.22. The van der Waals surface area contributed by atoms with Crippen LogP contribution >= 0.6 is 11.6 Å². The minimum atomic E-state index is -0.601. The van der Waals surface area contributed by atoms with Crippen LogP contribution in [0.5, 0.6) is 5.75 Å². The summed E-state index contributed by atoms with van der Waals surface area (Å²) >= 11 is 5.63. The molecule has 2 aromatic carbocycles. The van der Waals surface area contributed by atoms with Crippen molar-refractivity contribution in [1.82, 2.24) is 0 Å². The van der Waals surface area contributed by atoms with Gasteiger partial charge in [0.05, 0.1) is 6.10 Å². The number of halogens is 1. The topological polar surface area (TPSA) is 40.5 Å². The molecular weight excluding hydrogens is 248 g/mol. The maximum absolute atomic E-state index is 9.66. The molecule has 0 aromatic heterocycles. The molecule has 0 bridgehead atoms. The van der Waals surface area contributed by atoms with Gasteiger partial charge in [-0.15, -0.1) is 11.6 Å². The third-order valence-electron chi connectivity index (χ3n) is 2.81. The Labute approximate surface area is 111 Å². The molecule has 0 spiro atoms. The van der Waals surface area contributed by atoms with Gasteiger partial charge >= 0.3 is 0 Å². The van der Waals surface area contributed by atoms with Crippen LogP contribution in [-0.2, 0) is 6.42 Å². The van der Waals surface area contributed by atoms with Gasteiger partial charge in [0.2, 0.25) is 0 Å². The Hall–Kier alpha value is -1.51. The van der Waals surface area contributed by atoms with Crippen LogP contribution in [-0.4, -0.2) is 22.2 Å². The van der Waals surface area contributed by atoms with E-state index in [9.17, 15) is 10.2 Å². The number of hydrogen-bond acceptors (Lipinski definition) is 2. The van der Waals surface area contributed by atoms with E-state index < -0.39 is 6.10 Å². The van der Waals surface area contributed by atoms with E-state index in [0.29, 0.717) is 6.42 Å². The van der Waals surface area contributed by atoms with Gasteiger partial charge in [-0.2, -0.15) is 0 Å². The molecule has 0 heterocycles. The summed E-state index contributed by atoms with van der Waals surface area (Å²) < 4.78 is 0. The van der Waals surface area contributed by atoms with Gasteiger partial charge in [-0.25, -0.2) is 0 Å². The van der Waals surface area contributed by atoms with Crippen molar-refractivity contribution >= 4 is 11.6 Å². The second-order valence-corrected chi connectivity index (χ2v) is 4.53. The van der Waals surface area contributed by atoms with E-state index >= 15 is 0 Å². The molecule has 0 amide bonds. The summed E-state index contributed by atoms with van der Waals surface area (Å²) in [5.74, 6) is 0.385. The Balaban J connectivity index is 2.41. The highest BCUT2D eigenvalue weighted by molar-refractivity contribution is 6.18. The zero-order valence-electron chi connectivity index (χ0n) is 9.88. The average Bonchev–Trinajstić information content (AvgIpc) is 2.40. The number of hydrogen-bond donors (Lipinski definition) is 2. The number of benzene rings is 2. The second kappa shape index (κ2) is 5.89. The van der Waals surface area contributed by atoms with Crippen LogP contribution in [0.1, 0.15) is 5.56 Å². The lowest BCUT2D eigenvalue weighted by atomic mass is 9.96. The van der Waals surface area contributed by atoms with Crippen LogP contribution in [0.15, 0.2) is 48.5 Å². The van der Waals surface area contributed by atoms with Gasteiger partial charge in [-0.05, 0) is 28.8 Å². The van der Waals surface area contributed by atoms with Crippen LogP contribution in [0.25, 0.3) is 11.1 Å². The zero-order valence-corrected chi connectivity index (χ0v) is 10.6. The zero-order chi connectivity index (χ0) is 13.0. The molecule has 0 fully saturated rings. The van der Waals surface area contributed by atoms with Crippen molar-refractivity contribution in [3.8, 4) is 16.9 Å². The molecule has 2 rings (SSSR count). The third-order valence-corrected chi connectivity index (χ3v) is 3.16. The lowest BCUT2D eigenvalue weighted by molar-refractivity contribution is 0.199. The Kier molecular flexibility index (Phi) is 4.24. The SMILES string of the molecule is Oc1ccc(-c2ccccc2)c(CC(O)CCl)c1. The minimum absolute atomic E-state index is 0.184. The van der Waals surface area contributed by atoms with Crippen molar-refractivity contribution in [3.05, 3.63) is 54.1 Å². The van der Waals surface area contributed by atoms with Crippen LogP contribution in [0.2, 0.25) is 0 Å². The van der Waals surface area contributed by atoms with Crippen molar-refractivity contribution < 1.29 is 10.2 Å². The van der Waals surface area contributed by atoms with Gasteiger partial charge < -0.3 is 10.2 Å². The molecule has 0 saturated carbocycles. The standard InChI is InChI=1S/C15H15ClO2/c16-10-14(18)9-12-8-13(17)6-7-15(12)11-4-2-1-3-5-11/h1-8,14,17-18H,9-10H2. The van der Waals surface area contributed by atoms with Crippen molar-refractivity contribution in [2.75, 3.05) is 5.88 Å². The van der Waals surface area contributed by atoms with Gasteiger partial charge in [0.1, 0.15) is 5.75 Å². The molecule has 0 aliphatic carbocycles. The summed E-state index contributed by atoms with van der Waals surface area (Å²) in [7, 11) is 0. The van der Waals surface area contributed by atoms with Gasteiger partial charge in [-0.1, -0.05) is 36.4 Å². The number of aromatic hydroxyl groups is 1. The fourth-order valence-electron chi connectivity index (χ4n) is 1.96. The van der Waals surface area contributed by atoms with E-state index in [2.05, 4.69) is 0 Å². The molecule has 1 unspecified atom stereocenters. The number of aliphatic hydroxyl groups is 1. The van der Waals surface area contributed by atoms with E-state index in [4.69, 9.17) is 11.6 Å². The lowest BCUT2D eigenvalue weighted by Gasteiger charge is -2.13. The molecule has 1 atom stereocenters. The first-order chi connectivity index (χ1) is 8.70. The maximum atomic E-state index is 9.66. The Morgan fingerprint density at radius 3 is 2.44 bits per heavy atom. The van der Waals surface area contributed by atoms with Crippen molar-refractivity contribution in [2.24, 2.45) is 0 Å². The predicted molar refractivity (Wildman–Crippen MR) is 74.0 cm³/mol. The van der Waals surface area contributed by atoms with Crippen molar-refractivity contribution in [3.63, 3.8) is 0 Å². The molecule has 94 valence electrons. The minimum Gasteiger partial charge on any atom is -0.508 e. The van der Waals surface area contributed by atoms with Crippen LogP contribution < -0.4 is 0 Å². The first kappa shape index (κ1) is 12.9. The monoisotopic (exact) mass is 262 g/mol. The molecule has 3 heteroatoms. The van der Waals surface area contributed by atoms with Gasteiger partial charge in [0.25, 0.3) is 0 Å². The molecule has 0 radical (unpaired) electrons. The first-order valence-corrected chi connectivity index (χ1v) is 6.35. The highest BCUT2D eigenvalue weighted by Crippen LogP contribution is 2.28. The smallest absolute Gasteiger partial charge is 0.115 e. The Morgan fingerprint density at radius 2 is 1.78 bits per heavy atom. The lowest BCUT2D eigenvalue weighted by Crippen LogP contribution is -2.12. The largest absolute Gasteiger partial charge is 0.508 e. The van der Waals surface area contributed by atoms with Gasteiger partial charge in [0, 0.05) is 12.3 Å². The van der Waals surface area contributed by atoms with E-state index in [-0.39, 0.29) is 11.6 Å². The van der Waals surface area contributed by atoms with Gasteiger partial charge in [-0.3, -0.25) is 0 Å². The molecular formula is C15H15ClO2. The average molecular weight is 263 g/mol. The first-order valence-electron chi connectivity index (χ1n) is 5.82. The van der Waals surface area contributed by atoms with Crippen molar-refractivity contribution in [1.29, 1.82) is 0 Å². The van der Waals surface area contributed by atoms with Gasteiger partial charge in [0.15, 0.2) is 0 Å². The molecule has 0 aliphatic heterocycles. The quantitative estimate of drug-likeness (QED) is 0.831. The molecule has 2 N–H and O–H groups in total. The number of rotatable bonds is 4. The number of phenolic OH excluding ortho intramolecular Hbond substituents is 1. The predicted octanol–water partition coefficient (Wildman–Crippen LogP) is 3.20. The summed E-state index contributed by atoms with van der Waals surface area (Å²) in [6.45, 7) is 0. The van der Waals surface area contributed by atoms with E-state index in [0.717, 1.165) is 16.7 Å². The number of phenols is 1. The van der Waals surface area contributed by atoms with E-state index in [1.165, 1.54) is 0 Å². The summed E-state index contributed by atoms with van der Waals surface area (Å²) in [6, 6.07) is 15.1. The normalized spacial score (nSPS) is 12.3. The highest BCUT2D eigenvalue weighted by atomic mass is 35.5. The molecule has 0 saturated heterocycles. The van der Waals surface area contributed by atoms with Crippen LogP contribution in [0.3, 0.4) is 0 Å². The molecule has 18 heavy (non-hydrogen) atoms. The van der Waals surface area contributed by atoms with Crippen molar-refractivity contribution in [2.45, 2.75) is 12.5 Å². The van der Waals surface area contributed by atoms with Crippen LogP contribution in [0, 0.1) is 0 Å². The molecule has 2 aromatic rings. The number of aliphatic hydroxyl groups excluding tert-OH is 1. The summed E-state index contributed by atoms with van der Waals surface area (Å²) in [5, 5.41) is 19.2. The Bertz CT molecular complexity index is 511. The van der Waals surface area contributed by atoms with Crippen LogP contribution in [0.4, 0.5) is 0 Å². The summed E-state index contributed by atoms with van der Waals surface area (Å²) in [4.78, 5) is 0. The van der Waals surface area contributed by atoms with E-state index in [1.807, 2.05) is 36.4 Å². The highest BCUT2D eigenvalue weighted by Gasteiger charge is 2.10. The number of alkyl halides is 1. The summed E-state index contributed by atoms with van der Waals surface area (Å²) in [5.41, 5.74) is 2.97. The fourth-order valence-corrected chi connectivity index (χ4v) is 2.07. The fraction of sp³-hybridized carbons (Fsp3) is 0.200. The Morgan fingerprint density at radius 1 is 1.06 bits per heavy atom. The van der Waals surface area contributed by atoms with E-state index in [1.54, 1.807) is 12.1 Å². The summed E-state index contributed by atoms with van der Waals surface area (Å²) in [6.07, 6.45) is -0.168.